The first-order valence-corrected chi connectivity index (χ1v) is 24.7. The molecule has 0 aliphatic carbocycles. The molecule has 0 aromatic heterocycles. The maximum Gasteiger partial charge on any atom is 0.306 e. The summed E-state index contributed by atoms with van der Waals surface area (Å²) in [4.78, 5) is 37.8. The highest BCUT2D eigenvalue weighted by molar-refractivity contribution is 5.71. The molecule has 0 radical (unpaired) electrons. The van der Waals surface area contributed by atoms with E-state index < -0.39 is 6.10 Å². The molecule has 0 aromatic carbocycles. The minimum atomic E-state index is -0.761. The van der Waals surface area contributed by atoms with Crippen molar-refractivity contribution >= 4 is 17.9 Å². The van der Waals surface area contributed by atoms with Gasteiger partial charge in [-0.15, -0.1) is 0 Å². The molecule has 0 saturated carbocycles. The van der Waals surface area contributed by atoms with E-state index >= 15 is 0 Å². The Balaban J connectivity index is 4.29. The fourth-order valence-corrected chi connectivity index (χ4v) is 7.46. The molecule has 56 heavy (non-hydrogen) atoms. The highest BCUT2D eigenvalue weighted by Gasteiger charge is 2.19. The predicted molar refractivity (Wildman–Crippen MR) is 238 cm³/mol. The molecule has 332 valence electrons. The van der Waals surface area contributed by atoms with Crippen molar-refractivity contribution in [1.29, 1.82) is 0 Å². The largest absolute Gasteiger partial charge is 0.462 e. The normalized spacial score (nSPS) is 12.1. The number of carbonyl (C=O) groups excluding carboxylic acids is 3. The second-order valence-corrected chi connectivity index (χ2v) is 18.1. The van der Waals surface area contributed by atoms with E-state index in [1.54, 1.807) is 0 Å². The number of ether oxygens (including phenoxy) is 3. The first-order valence-electron chi connectivity index (χ1n) is 24.7. The monoisotopic (exact) mass is 793 g/mol. The lowest BCUT2D eigenvalue weighted by Crippen LogP contribution is -2.30. The van der Waals surface area contributed by atoms with Crippen LogP contribution < -0.4 is 0 Å². The van der Waals surface area contributed by atoms with E-state index in [4.69, 9.17) is 14.2 Å². The van der Waals surface area contributed by atoms with Gasteiger partial charge in [-0.25, -0.2) is 0 Å². The third-order valence-electron chi connectivity index (χ3n) is 11.2. The summed E-state index contributed by atoms with van der Waals surface area (Å²) in [6.45, 7) is 11.3. The summed E-state index contributed by atoms with van der Waals surface area (Å²) in [5, 5.41) is 0. The van der Waals surface area contributed by atoms with Gasteiger partial charge in [0.25, 0.3) is 0 Å². The van der Waals surface area contributed by atoms with Gasteiger partial charge in [-0.05, 0) is 31.1 Å². The van der Waals surface area contributed by atoms with Crippen LogP contribution in [0.1, 0.15) is 272 Å². The third kappa shape index (κ3) is 43.5. The van der Waals surface area contributed by atoms with Crippen molar-refractivity contribution in [2.24, 2.45) is 11.8 Å². The minimum absolute atomic E-state index is 0.0648. The van der Waals surface area contributed by atoms with Crippen molar-refractivity contribution in [2.75, 3.05) is 13.2 Å². The van der Waals surface area contributed by atoms with Crippen LogP contribution >= 0.6 is 0 Å². The zero-order chi connectivity index (χ0) is 41.2. The maximum atomic E-state index is 12.7. The Morgan fingerprint density at radius 3 is 0.875 bits per heavy atom. The molecule has 0 saturated heterocycles. The Morgan fingerprint density at radius 2 is 0.589 bits per heavy atom. The molecule has 6 heteroatoms. The Bertz CT molecular complexity index is 854. The van der Waals surface area contributed by atoms with Crippen molar-refractivity contribution in [3.05, 3.63) is 0 Å². The number of hydrogen-bond acceptors (Lipinski definition) is 6. The molecule has 0 aliphatic rings. The summed E-state index contributed by atoms with van der Waals surface area (Å²) in [6, 6.07) is 0. The highest BCUT2D eigenvalue weighted by atomic mass is 16.6. The maximum absolute atomic E-state index is 12.7. The number of esters is 3. The van der Waals surface area contributed by atoms with E-state index in [-0.39, 0.29) is 31.1 Å². The van der Waals surface area contributed by atoms with Crippen molar-refractivity contribution in [3.8, 4) is 0 Å². The third-order valence-corrected chi connectivity index (χ3v) is 11.2. The van der Waals surface area contributed by atoms with Crippen LogP contribution in [0.3, 0.4) is 0 Å². The summed E-state index contributed by atoms with van der Waals surface area (Å²) >= 11 is 0. The molecule has 0 N–H and O–H groups in total. The van der Waals surface area contributed by atoms with Gasteiger partial charge in [-0.3, -0.25) is 14.4 Å². The first-order chi connectivity index (χ1) is 27.2. The van der Waals surface area contributed by atoms with Crippen LogP contribution in [-0.2, 0) is 28.6 Å². The molecule has 0 aromatic rings. The van der Waals surface area contributed by atoms with Crippen LogP contribution in [0.2, 0.25) is 0 Å². The molecule has 0 bridgehead atoms. The Kier molecular flexibility index (Phi) is 41.8. The van der Waals surface area contributed by atoms with Crippen LogP contribution in [0.5, 0.6) is 0 Å². The number of hydrogen-bond donors (Lipinski definition) is 0. The molecule has 0 aliphatic heterocycles. The van der Waals surface area contributed by atoms with E-state index in [2.05, 4.69) is 34.6 Å². The fourth-order valence-electron chi connectivity index (χ4n) is 7.46. The summed E-state index contributed by atoms with van der Waals surface area (Å²) in [6.07, 6.45) is 42.4. The minimum Gasteiger partial charge on any atom is -0.462 e. The van der Waals surface area contributed by atoms with Gasteiger partial charge in [-0.2, -0.15) is 0 Å². The fraction of sp³-hybridized carbons (Fsp3) is 0.940. The smallest absolute Gasteiger partial charge is 0.306 e. The van der Waals surface area contributed by atoms with Crippen LogP contribution in [0.25, 0.3) is 0 Å². The second-order valence-electron chi connectivity index (χ2n) is 18.1. The predicted octanol–water partition coefficient (Wildman–Crippen LogP) is 15.8. The van der Waals surface area contributed by atoms with Gasteiger partial charge in [-0.1, -0.05) is 234 Å². The van der Waals surface area contributed by atoms with Crippen molar-refractivity contribution in [2.45, 2.75) is 278 Å². The molecule has 0 heterocycles. The second kappa shape index (κ2) is 43.0. The van der Waals surface area contributed by atoms with Gasteiger partial charge in [0.05, 0.1) is 0 Å². The molecule has 0 amide bonds. The highest BCUT2D eigenvalue weighted by Crippen LogP contribution is 2.17. The molecular formula is C50H96O6. The quantitative estimate of drug-likeness (QED) is 0.0347. The van der Waals surface area contributed by atoms with Crippen LogP contribution in [0.4, 0.5) is 0 Å². The number of carbonyl (C=O) groups is 3. The van der Waals surface area contributed by atoms with E-state index in [0.717, 1.165) is 69.6 Å². The lowest BCUT2D eigenvalue weighted by molar-refractivity contribution is -0.167. The van der Waals surface area contributed by atoms with Gasteiger partial charge in [0.2, 0.25) is 0 Å². The standard InChI is InChI=1S/C50H96O6/c1-6-7-8-9-10-11-12-13-14-19-22-25-32-37-42-50(53)56-47(44-55-49(52)41-36-31-27-26-29-34-39-46(4)5)43-54-48(51)40-35-30-24-21-18-16-15-17-20-23-28-33-38-45(2)3/h45-47H,6-44H2,1-5H3/t47-/m0/s1. The van der Waals surface area contributed by atoms with E-state index in [9.17, 15) is 14.4 Å². The molecule has 1 atom stereocenters. The number of unbranched alkanes of at least 4 members (excludes halogenated alkanes) is 29. The average Bonchev–Trinajstić information content (AvgIpc) is 3.16. The van der Waals surface area contributed by atoms with E-state index in [0.29, 0.717) is 19.3 Å². The van der Waals surface area contributed by atoms with Crippen LogP contribution in [0, 0.1) is 11.8 Å². The van der Waals surface area contributed by atoms with Crippen LogP contribution in [0.15, 0.2) is 0 Å². The zero-order valence-electron chi connectivity index (χ0n) is 38.3. The van der Waals surface area contributed by atoms with Crippen molar-refractivity contribution in [1.82, 2.24) is 0 Å². The summed E-state index contributed by atoms with van der Waals surface area (Å²) < 4.78 is 16.8. The zero-order valence-corrected chi connectivity index (χ0v) is 38.3. The van der Waals surface area contributed by atoms with Gasteiger partial charge in [0.1, 0.15) is 13.2 Å². The molecule has 0 rings (SSSR count). The van der Waals surface area contributed by atoms with Gasteiger partial charge < -0.3 is 14.2 Å². The Labute approximate surface area is 348 Å². The van der Waals surface area contributed by atoms with Gasteiger partial charge in [0.15, 0.2) is 6.10 Å². The SMILES string of the molecule is CCCCCCCCCCCCCCCCC(=O)O[C@@H](COC(=O)CCCCCCCCCCCCCCC(C)C)COC(=O)CCCCCCCCC(C)C. The topological polar surface area (TPSA) is 78.9 Å². The average molecular weight is 793 g/mol. The lowest BCUT2D eigenvalue weighted by atomic mass is 10.0. The summed E-state index contributed by atoms with van der Waals surface area (Å²) in [5.74, 6) is 0.742. The van der Waals surface area contributed by atoms with Gasteiger partial charge in [0, 0.05) is 19.3 Å². The Morgan fingerprint density at radius 1 is 0.339 bits per heavy atom. The van der Waals surface area contributed by atoms with Crippen molar-refractivity contribution in [3.63, 3.8) is 0 Å². The summed E-state index contributed by atoms with van der Waals surface area (Å²) in [7, 11) is 0. The summed E-state index contributed by atoms with van der Waals surface area (Å²) in [5.41, 5.74) is 0. The van der Waals surface area contributed by atoms with Crippen molar-refractivity contribution < 1.29 is 28.6 Å². The molecule has 0 unspecified atom stereocenters. The van der Waals surface area contributed by atoms with Gasteiger partial charge >= 0.3 is 17.9 Å². The molecule has 0 spiro atoms. The molecule has 0 fully saturated rings. The van der Waals surface area contributed by atoms with Crippen LogP contribution in [-0.4, -0.2) is 37.2 Å². The molecule has 6 nitrogen and oxygen atoms in total. The lowest BCUT2D eigenvalue weighted by Gasteiger charge is -2.18. The molecular weight excluding hydrogens is 697 g/mol. The van der Waals surface area contributed by atoms with E-state index in [1.807, 2.05) is 0 Å². The number of rotatable bonds is 44. The van der Waals surface area contributed by atoms with E-state index in [1.165, 1.54) is 161 Å². The Hall–Kier alpha value is -1.59. The first kappa shape index (κ1) is 54.4.